The summed E-state index contributed by atoms with van der Waals surface area (Å²) in [7, 11) is 4.01. The predicted molar refractivity (Wildman–Crippen MR) is 124 cm³/mol. The Kier molecular flexibility index (Phi) is 8.89. The Morgan fingerprint density at radius 3 is 2.55 bits per heavy atom. The third-order valence-corrected chi connectivity index (χ3v) is 5.52. The summed E-state index contributed by atoms with van der Waals surface area (Å²) >= 11 is 1.58. The lowest BCUT2D eigenvalue weighted by Crippen LogP contribution is -2.37. The van der Waals surface area contributed by atoms with Gasteiger partial charge in [-0.2, -0.15) is 0 Å². The topological polar surface area (TPSA) is 45.7 Å². The molecular formula is C22H28ClN3O2S. The summed E-state index contributed by atoms with van der Waals surface area (Å²) in [5, 5.41) is 0.759. The van der Waals surface area contributed by atoms with Gasteiger partial charge < -0.3 is 9.64 Å². The number of hydrogen-bond acceptors (Lipinski definition) is 5. The SMILES string of the molecule is CCc1ccc2nc(N(CCN(C)C)C(=O)CCOc3ccccc3)sc2c1.Cl. The number of fused-ring (bicyclic) bond motifs is 1. The molecule has 0 bridgehead atoms. The average molecular weight is 434 g/mol. The summed E-state index contributed by atoms with van der Waals surface area (Å²) in [5.74, 6) is 0.815. The molecule has 7 heteroatoms. The van der Waals surface area contributed by atoms with Crippen molar-refractivity contribution in [1.29, 1.82) is 0 Å². The zero-order valence-electron chi connectivity index (χ0n) is 17.1. The van der Waals surface area contributed by atoms with Gasteiger partial charge in [0.15, 0.2) is 5.13 Å². The van der Waals surface area contributed by atoms with Crippen LogP contribution in [0.4, 0.5) is 5.13 Å². The van der Waals surface area contributed by atoms with E-state index in [0.29, 0.717) is 19.6 Å². The maximum Gasteiger partial charge on any atom is 0.232 e. The molecule has 0 radical (unpaired) electrons. The minimum atomic E-state index is 0. The first-order valence-corrected chi connectivity index (χ1v) is 10.4. The van der Waals surface area contributed by atoms with E-state index in [1.54, 1.807) is 16.2 Å². The van der Waals surface area contributed by atoms with Gasteiger partial charge in [-0.05, 0) is 50.3 Å². The normalized spacial score (nSPS) is 10.8. The van der Waals surface area contributed by atoms with Gasteiger partial charge in [0.25, 0.3) is 0 Å². The lowest BCUT2D eigenvalue weighted by Gasteiger charge is -2.22. The monoisotopic (exact) mass is 433 g/mol. The van der Waals surface area contributed by atoms with Crippen molar-refractivity contribution in [2.45, 2.75) is 19.8 Å². The Hall–Kier alpha value is -2.15. The molecule has 1 heterocycles. The van der Waals surface area contributed by atoms with Crippen LogP contribution < -0.4 is 9.64 Å². The maximum absolute atomic E-state index is 12.9. The van der Waals surface area contributed by atoms with Crippen LogP contribution in [0.25, 0.3) is 10.2 Å². The number of halogens is 1. The Labute approximate surface area is 182 Å². The van der Waals surface area contributed by atoms with Gasteiger partial charge in [0, 0.05) is 13.1 Å². The number of benzene rings is 2. The van der Waals surface area contributed by atoms with E-state index in [1.807, 2.05) is 50.5 Å². The minimum absolute atomic E-state index is 0. The number of carbonyl (C=O) groups is 1. The number of likely N-dealkylation sites (N-methyl/N-ethyl adjacent to an activating group) is 1. The van der Waals surface area contributed by atoms with Crippen LogP contribution in [0, 0.1) is 0 Å². The molecular weight excluding hydrogens is 406 g/mol. The first-order chi connectivity index (χ1) is 13.6. The molecule has 29 heavy (non-hydrogen) atoms. The molecule has 0 saturated carbocycles. The van der Waals surface area contributed by atoms with Crippen LogP contribution in [-0.4, -0.2) is 49.6 Å². The number of aromatic nitrogens is 1. The van der Waals surface area contributed by atoms with Crippen LogP contribution in [0.15, 0.2) is 48.5 Å². The van der Waals surface area contributed by atoms with Gasteiger partial charge in [0.2, 0.25) is 5.91 Å². The average Bonchev–Trinajstić information content (AvgIpc) is 3.11. The van der Waals surface area contributed by atoms with Gasteiger partial charge in [-0.3, -0.25) is 9.69 Å². The van der Waals surface area contributed by atoms with Crippen LogP contribution >= 0.6 is 23.7 Å². The van der Waals surface area contributed by atoms with Crippen molar-refractivity contribution in [3.8, 4) is 5.75 Å². The number of thiazole rings is 1. The fourth-order valence-corrected chi connectivity index (χ4v) is 3.90. The number of nitrogens with zero attached hydrogens (tertiary/aromatic N) is 3. The second-order valence-corrected chi connectivity index (χ2v) is 7.92. The van der Waals surface area contributed by atoms with Crippen molar-refractivity contribution in [3.05, 3.63) is 54.1 Å². The molecule has 0 N–H and O–H groups in total. The van der Waals surface area contributed by atoms with Gasteiger partial charge in [-0.25, -0.2) is 4.98 Å². The third-order valence-electron chi connectivity index (χ3n) is 4.48. The first kappa shape index (κ1) is 23.1. The summed E-state index contributed by atoms with van der Waals surface area (Å²) in [5.41, 5.74) is 2.23. The van der Waals surface area contributed by atoms with Crippen LogP contribution in [0.1, 0.15) is 18.9 Å². The number of carbonyl (C=O) groups excluding carboxylic acids is 1. The smallest absolute Gasteiger partial charge is 0.232 e. The van der Waals surface area contributed by atoms with Crippen molar-refractivity contribution >= 4 is 45.0 Å². The highest BCUT2D eigenvalue weighted by Gasteiger charge is 2.20. The van der Waals surface area contributed by atoms with E-state index in [1.165, 1.54) is 5.56 Å². The van der Waals surface area contributed by atoms with E-state index in [0.717, 1.165) is 34.1 Å². The molecule has 0 saturated heterocycles. The van der Waals surface area contributed by atoms with Gasteiger partial charge in [0.1, 0.15) is 5.75 Å². The van der Waals surface area contributed by atoms with Crippen LogP contribution in [0.3, 0.4) is 0 Å². The van der Waals surface area contributed by atoms with E-state index in [-0.39, 0.29) is 18.3 Å². The van der Waals surface area contributed by atoms with Crippen molar-refractivity contribution in [1.82, 2.24) is 9.88 Å². The number of amides is 1. The number of para-hydroxylation sites is 1. The highest BCUT2D eigenvalue weighted by Crippen LogP contribution is 2.30. The molecule has 5 nitrogen and oxygen atoms in total. The zero-order chi connectivity index (χ0) is 19.9. The molecule has 2 aromatic carbocycles. The molecule has 0 fully saturated rings. The maximum atomic E-state index is 12.9. The fraction of sp³-hybridized carbons (Fsp3) is 0.364. The van der Waals surface area contributed by atoms with E-state index in [2.05, 4.69) is 24.0 Å². The van der Waals surface area contributed by atoms with E-state index < -0.39 is 0 Å². The molecule has 0 unspecified atom stereocenters. The number of aryl methyl sites for hydroxylation is 1. The molecule has 3 aromatic rings. The highest BCUT2D eigenvalue weighted by molar-refractivity contribution is 7.22. The van der Waals surface area contributed by atoms with Crippen LogP contribution in [0.2, 0.25) is 0 Å². The molecule has 0 aliphatic heterocycles. The number of hydrogen-bond donors (Lipinski definition) is 0. The Balaban J connectivity index is 0.00000300. The molecule has 0 spiro atoms. The van der Waals surface area contributed by atoms with Crippen molar-refractivity contribution in [2.75, 3.05) is 38.7 Å². The second-order valence-electron chi connectivity index (χ2n) is 6.91. The zero-order valence-corrected chi connectivity index (χ0v) is 18.8. The Morgan fingerprint density at radius 2 is 1.86 bits per heavy atom. The molecule has 1 aromatic heterocycles. The van der Waals surface area contributed by atoms with E-state index in [9.17, 15) is 4.79 Å². The Morgan fingerprint density at radius 1 is 1.10 bits per heavy atom. The molecule has 0 atom stereocenters. The summed E-state index contributed by atoms with van der Waals surface area (Å²) in [4.78, 5) is 21.5. The van der Waals surface area contributed by atoms with Crippen molar-refractivity contribution < 1.29 is 9.53 Å². The van der Waals surface area contributed by atoms with E-state index >= 15 is 0 Å². The third kappa shape index (κ3) is 6.42. The summed E-state index contributed by atoms with van der Waals surface area (Å²) < 4.78 is 6.83. The van der Waals surface area contributed by atoms with Gasteiger partial charge >= 0.3 is 0 Å². The fourth-order valence-electron chi connectivity index (χ4n) is 2.83. The Bertz CT molecular complexity index is 915. The second kappa shape index (κ2) is 11.1. The lowest BCUT2D eigenvalue weighted by molar-refractivity contribution is -0.119. The highest BCUT2D eigenvalue weighted by atomic mass is 35.5. The summed E-state index contributed by atoms with van der Waals surface area (Å²) in [6.45, 7) is 3.88. The minimum Gasteiger partial charge on any atom is -0.493 e. The van der Waals surface area contributed by atoms with E-state index in [4.69, 9.17) is 9.72 Å². The van der Waals surface area contributed by atoms with Crippen LogP contribution in [-0.2, 0) is 11.2 Å². The molecule has 0 aliphatic rings. The standard InChI is InChI=1S/C22H27N3O2S.ClH/c1-4-17-10-11-19-20(16-17)28-22(23-19)25(14-13-24(2)3)21(26)12-15-27-18-8-6-5-7-9-18;/h5-11,16H,4,12-15H2,1-3H3;1H. The largest absolute Gasteiger partial charge is 0.493 e. The molecule has 156 valence electrons. The number of anilines is 1. The van der Waals surface area contributed by atoms with Gasteiger partial charge in [-0.15, -0.1) is 12.4 Å². The van der Waals surface area contributed by atoms with Gasteiger partial charge in [0.05, 0.1) is 23.2 Å². The predicted octanol–water partition coefficient (Wildman–Crippen LogP) is 4.64. The molecule has 0 aliphatic carbocycles. The number of rotatable bonds is 9. The lowest BCUT2D eigenvalue weighted by atomic mass is 10.2. The van der Waals surface area contributed by atoms with Crippen LogP contribution in [0.5, 0.6) is 5.75 Å². The van der Waals surface area contributed by atoms with Gasteiger partial charge in [-0.1, -0.05) is 42.5 Å². The molecule has 3 rings (SSSR count). The first-order valence-electron chi connectivity index (χ1n) is 9.59. The molecule has 1 amide bonds. The number of ether oxygens (including phenoxy) is 1. The quantitative estimate of drug-likeness (QED) is 0.493. The van der Waals surface area contributed by atoms with Crippen molar-refractivity contribution in [3.63, 3.8) is 0 Å². The van der Waals surface area contributed by atoms with Crippen molar-refractivity contribution in [2.24, 2.45) is 0 Å². The summed E-state index contributed by atoms with van der Waals surface area (Å²) in [6, 6.07) is 15.9. The summed E-state index contributed by atoms with van der Waals surface area (Å²) in [6.07, 6.45) is 1.31.